The largest absolute Gasteiger partial charge is 0.392 e. The quantitative estimate of drug-likeness (QED) is 0.858. The number of aliphatic hydroxyl groups excluding tert-OH is 1. The zero-order chi connectivity index (χ0) is 19.4. The molecule has 1 fully saturated rings. The Morgan fingerprint density at radius 3 is 2.37 bits per heavy atom. The molecule has 27 heavy (non-hydrogen) atoms. The fourth-order valence-corrected chi connectivity index (χ4v) is 4.65. The van der Waals surface area contributed by atoms with Crippen LogP contribution in [0.2, 0.25) is 0 Å². The molecule has 1 aliphatic heterocycles. The lowest BCUT2D eigenvalue weighted by Gasteiger charge is -2.45. The molecule has 1 aromatic carbocycles. The zero-order valence-corrected chi connectivity index (χ0v) is 16.3. The van der Waals surface area contributed by atoms with Gasteiger partial charge in [-0.15, -0.1) is 0 Å². The molecule has 0 amide bonds. The van der Waals surface area contributed by atoms with E-state index < -0.39 is 11.4 Å². The molecule has 2 N–H and O–H groups in total. The summed E-state index contributed by atoms with van der Waals surface area (Å²) in [5, 5.41) is 20.9. The predicted molar refractivity (Wildman–Crippen MR) is 104 cm³/mol. The normalized spacial score (nSPS) is 35.3. The first-order valence-corrected chi connectivity index (χ1v) is 9.58. The fourth-order valence-electron chi connectivity index (χ4n) is 4.65. The van der Waals surface area contributed by atoms with Gasteiger partial charge in [-0.1, -0.05) is 48.6 Å². The van der Waals surface area contributed by atoms with E-state index >= 15 is 0 Å². The van der Waals surface area contributed by atoms with Crippen molar-refractivity contribution in [2.75, 3.05) is 6.61 Å². The van der Waals surface area contributed by atoms with Crippen LogP contribution >= 0.6 is 0 Å². The maximum atomic E-state index is 11.0. The van der Waals surface area contributed by atoms with Crippen molar-refractivity contribution in [3.63, 3.8) is 0 Å². The average Bonchev–Trinajstić information content (AvgIpc) is 2.85. The Labute approximate surface area is 160 Å². The molecule has 0 radical (unpaired) electrons. The highest BCUT2D eigenvalue weighted by Crippen LogP contribution is 2.55. The summed E-state index contributed by atoms with van der Waals surface area (Å²) in [6, 6.07) is 10.2. The van der Waals surface area contributed by atoms with Gasteiger partial charge >= 0.3 is 0 Å². The standard InChI is InChI=1S/C23H28O4/c1-22(2,25)16-12-8-11-15(13-24)18-19(17(16)14-9-6-5-7-10-14)21-20(18)26-23(3,4)27-21/h5-12,16-17,20-21,24-25H,13H2,1-4H3/b12-8-,15-11-/t16-,17+,20+,21-/m1/s1. The van der Waals surface area contributed by atoms with Crippen LogP contribution in [0.1, 0.15) is 39.2 Å². The van der Waals surface area contributed by atoms with Gasteiger partial charge in [0.25, 0.3) is 0 Å². The van der Waals surface area contributed by atoms with Gasteiger partial charge < -0.3 is 19.7 Å². The second-order valence-corrected chi connectivity index (χ2v) is 8.65. The molecule has 1 saturated heterocycles. The van der Waals surface area contributed by atoms with Crippen LogP contribution in [0.5, 0.6) is 0 Å². The first-order chi connectivity index (χ1) is 12.7. The summed E-state index contributed by atoms with van der Waals surface area (Å²) in [4.78, 5) is 0. The third-order valence-electron chi connectivity index (χ3n) is 5.80. The lowest BCUT2D eigenvalue weighted by molar-refractivity contribution is -0.137. The van der Waals surface area contributed by atoms with Crippen molar-refractivity contribution in [3.05, 3.63) is 70.8 Å². The minimum atomic E-state index is -0.917. The lowest BCUT2D eigenvalue weighted by atomic mass is 9.63. The third-order valence-corrected chi connectivity index (χ3v) is 5.80. The van der Waals surface area contributed by atoms with E-state index in [0.29, 0.717) is 0 Å². The van der Waals surface area contributed by atoms with Gasteiger partial charge in [-0.2, -0.15) is 0 Å². The number of fused-ring (bicyclic) bond motifs is 3. The molecule has 4 heteroatoms. The minimum Gasteiger partial charge on any atom is -0.392 e. The molecule has 2 aliphatic carbocycles. The highest BCUT2D eigenvalue weighted by molar-refractivity contribution is 5.57. The van der Waals surface area contributed by atoms with Gasteiger partial charge in [0, 0.05) is 11.8 Å². The number of aliphatic hydroxyl groups is 2. The molecule has 4 nitrogen and oxygen atoms in total. The van der Waals surface area contributed by atoms with Gasteiger partial charge in [-0.3, -0.25) is 0 Å². The lowest BCUT2D eigenvalue weighted by Crippen LogP contribution is -2.46. The Bertz CT molecular complexity index is 811. The highest BCUT2D eigenvalue weighted by Gasteiger charge is 2.57. The Morgan fingerprint density at radius 2 is 1.74 bits per heavy atom. The molecule has 4 rings (SSSR count). The van der Waals surface area contributed by atoms with Gasteiger partial charge in [-0.05, 0) is 50.0 Å². The number of hydrogen-bond donors (Lipinski definition) is 2. The summed E-state index contributed by atoms with van der Waals surface area (Å²) in [6.45, 7) is 7.49. The topological polar surface area (TPSA) is 58.9 Å². The number of ether oxygens (including phenoxy) is 2. The first-order valence-electron chi connectivity index (χ1n) is 9.58. The van der Waals surface area contributed by atoms with Crippen LogP contribution in [0.3, 0.4) is 0 Å². The second kappa shape index (κ2) is 6.42. The number of allylic oxidation sites excluding steroid dienone is 2. The minimum absolute atomic E-state index is 0.0496. The molecule has 4 atom stereocenters. The van der Waals surface area contributed by atoms with E-state index in [2.05, 4.69) is 12.1 Å². The van der Waals surface area contributed by atoms with Crippen molar-refractivity contribution in [2.45, 2.75) is 57.2 Å². The molecular formula is C23H28O4. The molecule has 0 unspecified atom stereocenters. The van der Waals surface area contributed by atoms with Crippen LogP contribution < -0.4 is 0 Å². The van der Waals surface area contributed by atoms with Crippen LogP contribution in [-0.4, -0.2) is 40.4 Å². The van der Waals surface area contributed by atoms with E-state index in [0.717, 1.165) is 22.3 Å². The maximum Gasteiger partial charge on any atom is 0.164 e. The van der Waals surface area contributed by atoms with Gasteiger partial charge in [0.2, 0.25) is 0 Å². The Morgan fingerprint density at radius 1 is 1.07 bits per heavy atom. The van der Waals surface area contributed by atoms with Crippen molar-refractivity contribution in [2.24, 2.45) is 5.92 Å². The van der Waals surface area contributed by atoms with E-state index in [9.17, 15) is 10.2 Å². The summed E-state index contributed by atoms with van der Waals surface area (Å²) in [5.74, 6) is -0.850. The summed E-state index contributed by atoms with van der Waals surface area (Å²) in [6.07, 6.45) is 5.59. The monoisotopic (exact) mass is 368 g/mol. The molecule has 0 spiro atoms. The van der Waals surface area contributed by atoms with E-state index in [1.165, 1.54) is 0 Å². The summed E-state index contributed by atoms with van der Waals surface area (Å²) in [5.41, 5.74) is 3.22. The number of rotatable bonds is 3. The van der Waals surface area contributed by atoms with Crippen LogP contribution in [0, 0.1) is 5.92 Å². The van der Waals surface area contributed by atoms with Gasteiger partial charge in [0.1, 0.15) is 12.2 Å². The highest BCUT2D eigenvalue weighted by atomic mass is 16.8. The molecule has 1 heterocycles. The number of hydrogen-bond acceptors (Lipinski definition) is 4. The van der Waals surface area contributed by atoms with Crippen LogP contribution in [0.4, 0.5) is 0 Å². The molecule has 0 bridgehead atoms. The SMILES string of the molecule is CC1(C)O[C@@H]2C3=C(/C(CO)=C\C=C/[C@@H](C(C)(C)O)[C@@H]3c3ccccc3)[C@@H]2O1. The van der Waals surface area contributed by atoms with Crippen LogP contribution in [0.25, 0.3) is 0 Å². The summed E-state index contributed by atoms with van der Waals surface area (Å²) >= 11 is 0. The van der Waals surface area contributed by atoms with Crippen molar-refractivity contribution in [1.82, 2.24) is 0 Å². The van der Waals surface area contributed by atoms with Crippen molar-refractivity contribution >= 4 is 0 Å². The molecule has 0 aromatic heterocycles. The average molecular weight is 368 g/mol. The molecule has 144 valence electrons. The first kappa shape index (κ1) is 18.6. The number of benzene rings is 1. The molecule has 0 saturated carbocycles. The fraction of sp³-hybridized carbons (Fsp3) is 0.478. The van der Waals surface area contributed by atoms with Crippen LogP contribution in [-0.2, 0) is 9.47 Å². The zero-order valence-electron chi connectivity index (χ0n) is 16.3. The van der Waals surface area contributed by atoms with Gasteiger partial charge in [0.05, 0.1) is 12.2 Å². The van der Waals surface area contributed by atoms with Crippen LogP contribution in [0.15, 0.2) is 65.3 Å². The molecule has 3 aliphatic rings. The molecular weight excluding hydrogens is 340 g/mol. The van der Waals surface area contributed by atoms with Crippen molar-refractivity contribution < 1.29 is 19.7 Å². The van der Waals surface area contributed by atoms with Gasteiger partial charge in [-0.25, -0.2) is 0 Å². The smallest absolute Gasteiger partial charge is 0.164 e. The second-order valence-electron chi connectivity index (χ2n) is 8.65. The summed E-state index contributed by atoms with van der Waals surface area (Å²) < 4.78 is 12.4. The molecule has 1 aromatic rings. The predicted octanol–water partition coefficient (Wildman–Crippen LogP) is 3.48. The summed E-state index contributed by atoms with van der Waals surface area (Å²) in [7, 11) is 0. The van der Waals surface area contributed by atoms with E-state index in [-0.39, 0.29) is 30.7 Å². The maximum absolute atomic E-state index is 11.0. The Hall–Kier alpha value is -1.72. The Balaban J connectivity index is 1.91. The van der Waals surface area contributed by atoms with Crippen molar-refractivity contribution in [3.8, 4) is 0 Å². The Kier molecular flexibility index (Phi) is 4.43. The van der Waals surface area contributed by atoms with E-state index in [4.69, 9.17) is 9.47 Å². The van der Waals surface area contributed by atoms with Gasteiger partial charge in [0.15, 0.2) is 5.79 Å². The van der Waals surface area contributed by atoms with Crippen molar-refractivity contribution in [1.29, 1.82) is 0 Å². The van der Waals surface area contributed by atoms with E-state index in [1.54, 1.807) is 0 Å². The third kappa shape index (κ3) is 3.11. The van der Waals surface area contributed by atoms with E-state index in [1.807, 2.05) is 64.1 Å².